The highest BCUT2D eigenvalue weighted by molar-refractivity contribution is 9.10. The predicted molar refractivity (Wildman–Crippen MR) is 72.2 cm³/mol. The topological polar surface area (TPSA) is 49.3 Å². The van der Waals surface area contributed by atoms with Crippen LogP contribution < -0.4 is 5.32 Å². The highest BCUT2D eigenvalue weighted by Gasteiger charge is 2.17. The largest absolute Gasteiger partial charge is 0.507 e. The molecular weight excluding hydrogens is 282 g/mol. The first-order valence-corrected chi connectivity index (χ1v) is 6.42. The van der Waals surface area contributed by atoms with E-state index in [0.29, 0.717) is 16.6 Å². The average molecular weight is 300 g/mol. The summed E-state index contributed by atoms with van der Waals surface area (Å²) in [7, 11) is 0. The van der Waals surface area contributed by atoms with E-state index in [9.17, 15) is 9.90 Å². The number of hydrogen-bond donors (Lipinski definition) is 2. The van der Waals surface area contributed by atoms with Crippen LogP contribution >= 0.6 is 15.9 Å². The van der Waals surface area contributed by atoms with Gasteiger partial charge in [-0.3, -0.25) is 4.79 Å². The zero-order chi connectivity index (χ0) is 13.1. The molecule has 0 bridgehead atoms. The number of aromatic hydroxyl groups is 1. The van der Waals surface area contributed by atoms with E-state index < -0.39 is 0 Å². The molecule has 4 heteroatoms. The van der Waals surface area contributed by atoms with Gasteiger partial charge in [-0.05, 0) is 46.0 Å². The number of carbonyl (C=O) groups is 1. The molecule has 0 saturated carbocycles. The monoisotopic (exact) mass is 299 g/mol. The van der Waals surface area contributed by atoms with Crippen molar-refractivity contribution in [2.24, 2.45) is 5.41 Å². The lowest BCUT2D eigenvalue weighted by Gasteiger charge is -2.22. The Balaban J connectivity index is 2.68. The van der Waals surface area contributed by atoms with Crippen molar-refractivity contribution in [2.75, 3.05) is 6.54 Å². The molecule has 17 heavy (non-hydrogen) atoms. The van der Waals surface area contributed by atoms with E-state index >= 15 is 0 Å². The summed E-state index contributed by atoms with van der Waals surface area (Å²) in [6.07, 6.45) is 0.999. The van der Waals surface area contributed by atoms with Gasteiger partial charge in [-0.25, -0.2) is 0 Å². The van der Waals surface area contributed by atoms with Crippen molar-refractivity contribution in [3.8, 4) is 5.75 Å². The number of hydrogen-bond acceptors (Lipinski definition) is 2. The summed E-state index contributed by atoms with van der Waals surface area (Å²) in [6, 6.07) is 4.80. The Hall–Kier alpha value is -1.03. The predicted octanol–water partition coefficient (Wildman–Crippen LogP) is 3.32. The fourth-order valence-electron chi connectivity index (χ4n) is 1.20. The Kier molecular flexibility index (Phi) is 4.57. The average Bonchev–Trinajstić information content (AvgIpc) is 2.30. The SMILES string of the molecule is CCC(C)(C)CNC(=O)c1ccc(Br)c(O)c1. The van der Waals surface area contributed by atoms with Crippen molar-refractivity contribution in [1.29, 1.82) is 0 Å². The normalized spacial score (nSPS) is 11.3. The van der Waals surface area contributed by atoms with Crippen LogP contribution in [-0.4, -0.2) is 17.6 Å². The minimum Gasteiger partial charge on any atom is -0.507 e. The first kappa shape index (κ1) is 14.0. The summed E-state index contributed by atoms with van der Waals surface area (Å²) in [6.45, 7) is 6.93. The molecule has 0 aliphatic heterocycles. The molecule has 0 spiro atoms. The van der Waals surface area contributed by atoms with E-state index in [0.717, 1.165) is 6.42 Å². The summed E-state index contributed by atoms with van der Waals surface area (Å²) in [4.78, 5) is 11.8. The molecule has 0 unspecified atom stereocenters. The Bertz CT molecular complexity index is 416. The molecule has 1 aromatic carbocycles. The molecule has 0 heterocycles. The van der Waals surface area contributed by atoms with Gasteiger partial charge in [0.1, 0.15) is 5.75 Å². The second-order valence-electron chi connectivity index (χ2n) is 4.87. The maximum absolute atomic E-state index is 11.8. The second-order valence-corrected chi connectivity index (χ2v) is 5.72. The van der Waals surface area contributed by atoms with Crippen LogP contribution in [0.5, 0.6) is 5.75 Å². The van der Waals surface area contributed by atoms with Gasteiger partial charge in [-0.15, -0.1) is 0 Å². The van der Waals surface area contributed by atoms with Crippen LogP contribution in [0, 0.1) is 5.41 Å². The minimum absolute atomic E-state index is 0.0763. The van der Waals surface area contributed by atoms with Gasteiger partial charge in [0.25, 0.3) is 5.91 Å². The Morgan fingerprint density at radius 3 is 2.65 bits per heavy atom. The molecule has 1 amide bonds. The second kappa shape index (κ2) is 5.54. The smallest absolute Gasteiger partial charge is 0.251 e. The van der Waals surface area contributed by atoms with Crippen molar-refractivity contribution in [3.05, 3.63) is 28.2 Å². The fraction of sp³-hybridized carbons (Fsp3) is 0.462. The summed E-state index contributed by atoms with van der Waals surface area (Å²) in [5.41, 5.74) is 0.560. The molecule has 0 atom stereocenters. The number of nitrogens with one attached hydrogen (secondary N) is 1. The third-order valence-corrected chi connectivity index (χ3v) is 3.56. The standard InChI is InChI=1S/C13H18BrNO2/c1-4-13(2,3)8-15-12(17)9-5-6-10(14)11(16)7-9/h5-7,16H,4,8H2,1-3H3,(H,15,17). The maximum atomic E-state index is 11.8. The molecule has 0 radical (unpaired) electrons. The highest BCUT2D eigenvalue weighted by atomic mass is 79.9. The van der Waals surface area contributed by atoms with E-state index in [1.807, 2.05) is 0 Å². The minimum atomic E-state index is -0.158. The van der Waals surface area contributed by atoms with Crippen LogP contribution in [0.25, 0.3) is 0 Å². The molecular formula is C13H18BrNO2. The Labute approximate surface area is 110 Å². The molecule has 3 nitrogen and oxygen atoms in total. The lowest BCUT2D eigenvalue weighted by molar-refractivity contribution is 0.0935. The third-order valence-electron chi connectivity index (χ3n) is 2.89. The van der Waals surface area contributed by atoms with Crippen molar-refractivity contribution in [1.82, 2.24) is 5.32 Å². The van der Waals surface area contributed by atoms with Crippen molar-refractivity contribution < 1.29 is 9.90 Å². The van der Waals surface area contributed by atoms with E-state index in [1.165, 1.54) is 6.07 Å². The van der Waals surface area contributed by atoms with Crippen LogP contribution in [0.3, 0.4) is 0 Å². The van der Waals surface area contributed by atoms with Gasteiger partial charge in [-0.1, -0.05) is 20.8 Å². The lowest BCUT2D eigenvalue weighted by atomic mass is 9.90. The first-order valence-electron chi connectivity index (χ1n) is 5.62. The number of carbonyl (C=O) groups excluding carboxylic acids is 1. The van der Waals surface area contributed by atoms with Crippen molar-refractivity contribution in [2.45, 2.75) is 27.2 Å². The summed E-state index contributed by atoms with van der Waals surface area (Å²) >= 11 is 3.18. The zero-order valence-corrected chi connectivity index (χ0v) is 12.0. The van der Waals surface area contributed by atoms with Gasteiger partial charge in [0.2, 0.25) is 0 Å². The van der Waals surface area contributed by atoms with Crippen LogP contribution in [-0.2, 0) is 0 Å². The van der Waals surface area contributed by atoms with Crippen LogP contribution in [0.1, 0.15) is 37.6 Å². The van der Waals surface area contributed by atoms with Crippen LogP contribution in [0.2, 0.25) is 0 Å². The summed E-state index contributed by atoms with van der Waals surface area (Å²) < 4.78 is 0.586. The Morgan fingerprint density at radius 2 is 2.12 bits per heavy atom. The van der Waals surface area contributed by atoms with E-state index in [1.54, 1.807) is 12.1 Å². The molecule has 0 aliphatic carbocycles. The van der Waals surface area contributed by atoms with Gasteiger partial charge < -0.3 is 10.4 Å². The number of amides is 1. The van der Waals surface area contributed by atoms with Crippen LogP contribution in [0.4, 0.5) is 0 Å². The van der Waals surface area contributed by atoms with Gasteiger partial charge in [-0.2, -0.15) is 0 Å². The number of phenolic OH excluding ortho intramolecular Hbond substituents is 1. The number of benzene rings is 1. The molecule has 1 rings (SSSR count). The van der Waals surface area contributed by atoms with Crippen molar-refractivity contribution in [3.63, 3.8) is 0 Å². The van der Waals surface area contributed by atoms with E-state index in [-0.39, 0.29) is 17.1 Å². The first-order chi connectivity index (χ1) is 7.85. The van der Waals surface area contributed by atoms with Gasteiger partial charge in [0.15, 0.2) is 0 Å². The molecule has 0 aromatic heterocycles. The maximum Gasteiger partial charge on any atom is 0.251 e. The zero-order valence-electron chi connectivity index (χ0n) is 10.4. The van der Waals surface area contributed by atoms with Crippen LogP contribution in [0.15, 0.2) is 22.7 Å². The van der Waals surface area contributed by atoms with Gasteiger partial charge >= 0.3 is 0 Å². The third kappa shape index (κ3) is 4.04. The number of phenols is 1. The van der Waals surface area contributed by atoms with E-state index in [4.69, 9.17) is 0 Å². The molecule has 0 aliphatic rings. The molecule has 0 fully saturated rings. The lowest BCUT2D eigenvalue weighted by Crippen LogP contribution is -2.33. The Morgan fingerprint density at radius 1 is 1.47 bits per heavy atom. The fourth-order valence-corrected chi connectivity index (χ4v) is 1.45. The highest BCUT2D eigenvalue weighted by Crippen LogP contribution is 2.24. The van der Waals surface area contributed by atoms with Gasteiger partial charge in [0.05, 0.1) is 4.47 Å². The molecule has 2 N–H and O–H groups in total. The number of halogens is 1. The summed E-state index contributed by atoms with van der Waals surface area (Å²) in [5.74, 6) is -0.0817. The number of rotatable bonds is 4. The molecule has 1 aromatic rings. The van der Waals surface area contributed by atoms with Gasteiger partial charge in [0, 0.05) is 12.1 Å². The quantitative estimate of drug-likeness (QED) is 0.896. The molecule has 0 saturated heterocycles. The summed E-state index contributed by atoms with van der Waals surface area (Å²) in [5, 5.41) is 12.4. The van der Waals surface area contributed by atoms with Crippen molar-refractivity contribution >= 4 is 21.8 Å². The van der Waals surface area contributed by atoms with E-state index in [2.05, 4.69) is 42.0 Å². The molecule has 94 valence electrons.